The van der Waals surface area contributed by atoms with Crippen molar-refractivity contribution in [2.75, 3.05) is 5.88 Å². The zero-order valence-corrected chi connectivity index (χ0v) is 8.94. The van der Waals surface area contributed by atoms with Crippen LogP contribution < -0.4 is 0 Å². The molecule has 0 saturated carbocycles. The Labute approximate surface area is 79.2 Å². The van der Waals surface area contributed by atoms with E-state index in [0.717, 1.165) is 6.42 Å². The van der Waals surface area contributed by atoms with Gasteiger partial charge in [-0.25, -0.2) is 0 Å². The van der Waals surface area contributed by atoms with Crippen molar-refractivity contribution in [3.8, 4) is 0 Å². The number of rotatable bonds is 2. The molecule has 0 aromatic carbocycles. The van der Waals surface area contributed by atoms with Crippen molar-refractivity contribution in [1.29, 1.82) is 0 Å². The highest BCUT2D eigenvalue weighted by Gasteiger charge is 2.48. The second kappa shape index (κ2) is 3.17. The minimum Gasteiger partial charge on any atom is -0.344 e. The van der Waals surface area contributed by atoms with Gasteiger partial charge in [-0.2, -0.15) is 0 Å². The molecule has 12 heavy (non-hydrogen) atoms. The summed E-state index contributed by atoms with van der Waals surface area (Å²) in [6, 6.07) is 0. The minimum atomic E-state index is -0.219. The molecular formula is C9H17ClO2. The van der Waals surface area contributed by atoms with Gasteiger partial charge in [-0.15, -0.1) is 11.6 Å². The average Bonchev–Trinajstić information content (AvgIpc) is 2.02. The van der Waals surface area contributed by atoms with Crippen LogP contribution in [0, 0.1) is 0 Å². The summed E-state index contributed by atoms with van der Waals surface area (Å²) in [6.07, 6.45) is 0.626. The van der Waals surface area contributed by atoms with Gasteiger partial charge in [0.1, 0.15) is 0 Å². The van der Waals surface area contributed by atoms with Crippen molar-refractivity contribution < 1.29 is 9.47 Å². The van der Waals surface area contributed by atoms with Gasteiger partial charge in [0.25, 0.3) is 0 Å². The van der Waals surface area contributed by atoms with Gasteiger partial charge in [-0.3, -0.25) is 0 Å². The molecule has 0 amide bonds. The Morgan fingerprint density at radius 3 is 1.83 bits per heavy atom. The fourth-order valence-corrected chi connectivity index (χ4v) is 1.35. The SMILES string of the molecule is CC1(C)OC(CCCl)OC1(C)C. The van der Waals surface area contributed by atoms with Crippen LogP contribution in [0.4, 0.5) is 0 Å². The molecule has 2 nitrogen and oxygen atoms in total. The van der Waals surface area contributed by atoms with Crippen molar-refractivity contribution in [3.05, 3.63) is 0 Å². The van der Waals surface area contributed by atoms with Crippen molar-refractivity contribution in [1.82, 2.24) is 0 Å². The van der Waals surface area contributed by atoms with Crippen LogP contribution in [0.2, 0.25) is 0 Å². The maximum atomic E-state index is 5.70. The van der Waals surface area contributed by atoms with Crippen molar-refractivity contribution in [3.63, 3.8) is 0 Å². The van der Waals surface area contributed by atoms with Crippen LogP contribution in [-0.4, -0.2) is 23.4 Å². The smallest absolute Gasteiger partial charge is 0.160 e. The van der Waals surface area contributed by atoms with Gasteiger partial charge in [0.2, 0.25) is 0 Å². The lowest BCUT2D eigenvalue weighted by Gasteiger charge is -2.30. The van der Waals surface area contributed by atoms with Gasteiger partial charge in [-0.05, 0) is 27.7 Å². The van der Waals surface area contributed by atoms with Gasteiger partial charge in [0, 0.05) is 12.3 Å². The van der Waals surface area contributed by atoms with Crippen LogP contribution in [-0.2, 0) is 9.47 Å². The Balaban J connectivity index is 2.61. The van der Waals surface area contributed by atoms with Gasteiger partial charge in [0.15, 0.2) is 6.29 Å². The van der Waals surface area contributed by atoms with E-state index in [9.17, 15) is 0 Å². The van der Waals surface area contributed by atoms with E-state index in [-0.39, 0.29) is 17.5 Å². The second-order valence-corrected chi connectivity index (χ2v) is 4.54. The number of hydrogen-bond donors (Lipinski definition) is 0. The molecule has 3 heteroatoms. The van der Waals surface area contributed by atoms with Crippen molar-refractivity contribution in [2.45, 2.75) is 51.6 Å². The lowest BCUT2D eigenvalue weighted by atomic mass is 9.90. The molecule has 0 aromatic rings. The molecule has 1 rings (SSSR count). The summed E-state index contributed by atoms with van der Waals surface area (Å²) in [6.45, 7) is 8.17. The molecule has 1 aliphatic heterocycles. The number of halogens is 1. The van der Waals surface area contributed by atoms with Crippen molar-refractivity contribution >= 4 is 11.6 Å². The third kappa shape index (κ3) is 1.76. The Morgan fingerprint density at radius 2 is 1.50 bits per heavy atom. The summed E-state index contributed by atoms with van der Waals surface area (Å²) in [5, 5.41) is 0. The van der Waals surface area contributed by atoms with E-state index < -0.39 is 0 Å². The van der Waals surface area contributed by atoms with Crippen LogP contribution in [0.15, 0.2) is 0 Å². The van der Waals surface area contributed by atoms with E-state index in [1.807, 2.05) is 27.7 Å². The summed E-state index contributed by atoms with van der Waals surface area (Å²) in [7, 11) is 0. The van der Waals surface area contributed by atoms with Crippen LogP contribution >= 0.6 is 11.6 Å². The quantitative estimate of drug-likeness (QED) is 0.627. The number of hydrogen-bond acceptors (Lipinski definition) is 2. The summed E-state index contributed by atoms with van der Waals surface area (Å²) < 4.78 is 11.4. The largest absolute Gasteiger partial charge is 0.344 e. The fourth-order valence-electron chi connectivity index (χ4n) is 1.17. The molecule has 1 fully saturated rings. The van der Waals surface area contributed by atoms with Gasteiger partial charge >= 0.3 is 0 Å². The molecule has 72 valence electrons. The molecule has 1 heterocycles. The highest BCUT2D eigenvalue weighted by molar-refractivity contribution is 6.17. The highest BCUT2D eigenvalue weighted by Crippen LogP contribution is 2.39. The lowest BCUT2D eigenvalue weighted by Crippen LogP contribution is -2.41. The molecule has 0 spiro atoms. The summed E-state index contributed by atoms with van der Waals surface area (Å²) in [5.74, 6) is 0.580. The standard InChI is InChI=1S/C9H17ClO2/c1-8(2)9(3,4)12-7(11-8)5-6-10/h7H,5-6H2,1-4H3. The summed E-state index contributed by atoms with van der Waals surface area (Å²) >= 11 is 5.61. The Bertz CT molecular complexity index is 150. The Hall–Kier alpha value is 0.210. The molecule has 0 bridgehead atoms. The first kappa shape index (κ1) is 10.3. The average molecular weight is 193 g/mol. The van der Waals surface area contributed by atoms with E-state index in [1.54, 1.807) is 0 Å². The molecule has 0 unspecified atom stereocenters. The normalized spacial score (nSPS) is 27.8. The molecule has 0 aromatic heterocycles. The Kier molecular flexibility index (Phi) is 2.72. The maximum absolute atomic E-state index is 5.70. The molecule has 0 aliphatic carbocycles. The van der Waals surface area contributed by atoms with Gasteiger partial charge < -0.3 is 9.47 Å². The highest BCUT2D eigenvalue weighted by atomic mass is 35.5. The molecule has 0 N–H and O–H groups in total. The van der Waals surface area contributed by atoms with Gasteiger partial charge in [-0.1, -0.05) is 0 Å². The fraction of sp³-hybridized carbons (Fsp3) is 1.00. The first-order chi connectivity index (χ1) is 5.39. The molecule has 1 saturated heterocycles. The van der Waals surface area contributed by atoms with Crippen LogP contribution in [0.25, 0.3) is 0 Å². The predicted octanol–water partition coefficient (Wildman–Crippen LogP) is 2.55. The molecule has 0 radical (unpaired) electrons. The first-order valence-corrected chi connectivity index (χ1v) is 4.84. The summed E-state index contributed by atoms with van der Waals surface area (Å²) in [4.78, 5) is 0. The third-order valence-electron chi connectivity index (χ3n) is 2.65. The zero-order chi connectivity index (χ0) is 9.41. The maximum Gasteiger partial charge on any atom is 0.160 e. The third-order valence-corrected chi connectivity index (χ3v) is 2.87. The lowest BCUT2D eigenvalue weighted by molar-refractivity contribution is -0.0866. The topological polar surface area (TPSA) is 18.5 Å². The molecular weight excluding hydrogens is 176 g/mol. The first-order valence-electron chi connectivity index (χ1n) is 4.31. The van der Waals surface area contributed by atoms with E-state index in [1.165, 1.54) is 0 Å². The van der Waals surface area contributed by atoms with Gasteiger partial charge in [0.05, 0.1) is 11.2 Å². The molecule has 1 aliphatic rings. The monoisotopic (exact) mass is 192 g/mol. The number of alkyl halides is 1. The van der Waals surface area contributed by atoms with Crippen molar-refractivity contribution in [2.24, 2.45) is 0 Å². The number of ether oxygens (including phenoxy) is 2. The van der Waals surface area contributed by atoms with E-state index in [2.05, 4.69) is 0 Å². The van der Waals surface area contributed by atoms with E-state index >= 15 is 0 Å². The van der Waals surface area contributed by atoms with Crippen LogP contribution in [0.1, 0.15) is 34.1 Å². The zero-order valence-electron chi connectivity index (χ0n) is 8.19. The minimum absolute atomic E-state index is 0.132. The summed E-state index contributed by atoms with van der Waals surface area (Å²) in [5.41, 5.74) is -0.437. The van der Waals surface area contributed by atoms with E-state index in [4.69, 9.17) is 21.1 Å². The predicted molar refractivity (Wildman–Crippen MR) is 49.5 cm³/mol. The van der Waals surface area contributed by atoms with E-state index in [0.29, 0.717) is 5.88 Å². The second-order valence-electron chi connectivity index (χ2n) is 4.16. The Morgan fingerprint density at radius 1 is 1.08 bits per heavy atom. The van der Waals surface area contributed by atoms with Crippen LogP contribution in [0.3, 0.4) is 0 Å². The molecule has 0 atom stereocenters. The van der Waals surface area contributed by atoms with Crippen LogP contribution in [0.5, 0.6) is 0 Å².